The first-order valence-electron chi connectivity index (χ1n) is 11.3. The van der Waals surface area contributed by atoms with Crippen LogP contribution >= 0.6 is 0 Å². The molecule has 1 atom stereocenters. The number of nitrogens with zero attached hydrogens (tertiary/aromatic N) is 3. The molecule has 2 aromatic carbocycles. The lowest BCUT2D eigenvalue weighted by Gasteiger charge is -2.23. The molecule has 2 aliphatic rings. The Hall–Kier alpha value is -2.71. The molecule has 3 aromatic rings. The van der Waals surface area contributed by atoms with E-state index in [0.29, 0.717) is 25.1 Å². The van der Waals surface area contributed by atoms with Gasteiger partial charge < -0.3 is 9.88 Å². The van der Waals surface area contributed by atoms with Gasteiger partial charge >= 0.3 is 0 Å². The third kappa shape index (κ3) is 3.82. The van der Waals surface area contributed by atoms with Crippen molar-refractivity contribution < 1.29 is 13.2 Å². The first kappa shape index (κ1) is 21.2. The van der Waals surface area contributed by atoms with Crippen LogP contribution in [0.15, 0.2) is 47.4 Å². The third-order valence-corrected chi connectivity index (χ3v) is 8.43. The van der Waals surface area contributed by atoms with E-state index in [2.05, 4.69) is 9.88 Å². The van der Waals surface area contributed by atoms with Crippen LogP contribution in [0, 0.1) is 6.92 Å². The summed E-state index contributed by atoms with van der Waals surface area (Å²) in [4.78, 5) is 18.1. The highest BCUT2D eigenvalue weighted by Crippen LogP contribution is 2.28. The molecule has 5 rings (SSSR count). The lowest BCUT2D eigenvalue weighted by molar-refractivity contribution is -0.119. The zero-order valence-electron chi connectivity index (χ0n) is 18.3. The van der Waals surface area contributed by atoms with Gasteiger partial charge in [0.1, 0.15) is 11.9 Å². The average molecular weight is 453 g/mol. The number of benzene rings is 2. The number of rotatable bonds is 4. The summed E-state index contributed by atoms with van der Waals surface area (Å²) in [5.41, 5.74) is 3.60. The highest BCUT2D eigenvalue weighted by atomic mass is 32.2. The standard InChI is InChI=1S/C24H28N4O3S/c1-17-8-11-19(12-9-17)32(30,31)28-15-5-6-22(28)24(29)25-18-10-13-21-20(16-18)26-23-7-3-2-4-14-27(21)23/h8-13,16,22H,2-7,14-15H2,1H3,(H,25,29). The molecule has 0 aliphatic carbocycles. The molecule has 3 heterocycles. The van der Waals surface area contributed by atoms with Crippen molar-refractivity contribution in [3.8, 4) is 0 Å². The van der Waals surface area contributed by atoms with Gasteiger partial charge in [0.2, 0.25) is 15.9 Å². The Balaban J connectivity index is 1.37. The summed E-state index contributed by atoms with van der Waals surface area (Å²) in [6, 6.07) is 11.8. The van der Waals surface area contributed by atoms with Crippen LogP contribution in [-0.4, -0.2) is 40.8 Å². The van der Waals surface area contributed by atoms with Crippen LogP contribution in [0.4, 0.5) is 5.69 Å². The molecular formula is C24H28N4O3S. The van der Waals surface area contributed by atoms with E-state index < -0.39 is 16.1 Å². The number of anilines is 1. The van der Waals surface area contributed by atoms with Gasteiger partial charge in [0.05, 0.1) is 15.9 Å². The van der Waals surface area contributed by atoms with Crippen molar-refractivity contribution in [2.24, 2.45) is 0 Å². The molecule has 1 fully saturated rings. The van der Waals surface area contributed by atoms with Crippen LogP contribution in [0.1, 0.15) is 43.5 Å². The van der Waals surface area contributed by atoms with Gasteiger partial charge in [0, 0.05) is 25.2 Å². The maximum atomic E-state index is 13.2. The number of imidazole rings is 1. The maximum Gasteiger partial charge on any atom is 0.243 e. The lowest BCUT2D eigenvalue weighted by atomic mass is 10.2. The van der Waals surface area contributed by atoms with Gasteiger partial charge in [-0.05, 0) is 62.9 Å². The van der Waals surface area contributed by atoms with Gasteiger partial charge in [-0.3, -0.25) is 4.79 Å². The number of hydrogen-bond donors (Lipinski definition) is 1. The van der Waals surface area contributed by atoms with E-state index in [1.807, 2.05) is 25.1 Å². The van der Waals surface area contributed by atoms with Crippen LogP contribution in [0.2, 0.25) is 0 Å². The molecule has 0 saturated carbocycles. The van der Waals surface area contributed by atoms with Crippen LogP contribution < -0.4 is 5.32 Å². The fraction of sp³-hybridized carbons (Fsp3) is 0.417. The lowest BCUT2D eigenvalue weighted by Crippen LogP contribution is -2.43. The molecule has 1 amide bonds. The Morgan fingerprint density at radius 3 is 2.66 bits per heavy atom. The molecule has 2 aliphatic heterocycles. The minimum atomic E-state index is -3.73. The summed E-state index contributed by atoms with van der Waals surface area (Å²) in [6.07, 6.45) is 5.68. The topological polar surface area (TPSA) is 84.3 Å². The van der Waals surface area contributed by atoms with Crippen LogP contribution in [-0.2, 0) is 27.8 Å². The number of nitrogens with one attached hydrogen (secondary N) is 1. The van der Waals surface area contributed by atoms with Crippen LogP contribution in [0.3, 0.4) is 0 Å². The molecule has 0 bridgehead atoms. The third-order valence-electron chi connectivity index (χ3n) is 6.51. The van der Waals surface area contributed by atoms with Gasteiger partial charge in [-0.2, -0.15) is 4.31 Å². The predicted octanol–water partition coefficient (Wildman–Crippen LogP) is 3.86. The Morgan fingerprint density at radius 2 is 1.84 bits per heavy atom. The summed E-state index contributed by atoms with van der Waals surface area (Å²) < 4.78 is 29.9. The van der Waals surface area contributed by atoms with Crippen molar-refractivity contribution in [2.45, 2.75) is 62.9 Å². The Morgan fingerprint density at radius 1 is 1.03 bits per heavy atom. The van der Waals surface area contributed by atoms with E-state index >= 15 is 0 Å². The Bertz CT molecular complexity index is 1260. The van der Waals surface area contributed by atoms with Crippen molar-refractivity contribution in [1.29, 1.82) is 0 Å². The minimum Gasteiger partial charge on any atom is -0.328 e. The number of aromatic nitrogens is 2. The summed E-state index contributed by atoms with van der Waals surface area (Å²) >= 11 is 0. The quantitative estimate of drug-likeness (QED) is 0.651. The number of carbonyl (C=O) groups excluding carboxylic acids is 1. The number of amides is 1. The molecule has 0 radical (unpaired) electrons. The van der Waals surface area contributed by atoms with Gasteiger partial charge in [-0.1, -0.05) is 24.1 Å². The van der Waals surface area contributed by atoms with Gasteiger partial charge in [-0.25, -0.2) is 13.4 Å². The number of fused-ring (bicyclic) bond motifs is 3. The molecule has 1 N–H and O–H groups in total. The van der Waals surface area contributed by atoms with E-state index in [-0.39, 0.29) is 10.8 Å². The van der Waals surface area contributed by atoms with Gasteiger partial charge in [0.25, 0.3) is 0 Å². The summed E-state index contributed by atoms with van der Waals surface area (Å²) in [6.45, 7) is 3.24. The molecule has 32 heavy (non-hydrogen) atoms. The molecule has 1 saturated heterocycles. The summed E-state index contributed by atoms with van der Waals surface area (Å²) in [7, 11) is -3.73. The number of aryl methyl sites for hydroxylation is 3. The number of hydrogen-bond acceptors (Lipinski definition) is 4. The highest BCUT2D eigenvalue weighted by molar-refractivity contribution is 7.89. The second-order valence-corrected chi connectivity index (χ2v) is 10.7. The Kier molecular flexibility index (Phi) is 5.51. The van der Waals surface area contributed by atoms with Crippen molar-refractivity contribution in [3.05, 3.63) is 53.9 Å². The summed E-state index contributed by atoms with van der Waals surface area (Å²) in [5, 5.41) is 2.94. The van der Waals surface area contributed by atoms with E-state index in [1.165, 1.54) is 10.7 Å². The molecule has 168 valence electrons. The first-order chi connectivity index (χ1) is 15.4. The van der Waals surface area contributed by atoms with Gasteiger partial charge in [0.15, 0.2) is 0 Å². The molecule has 1 unspecified atom stereocenters. The first-order valence-corrected chi connectivity index (χ1v) is 12.8. The number of sulfonamides is 1. The number of carbonyl (C=O) groups is 1. The summed E-state index contributed by atoms with van der Waals surface area (Å²) in [5.74, 6) is 0.811. The van der Waals surface area contributed by atoms with Crippen molar-refractivity contribution >= 4 is 32.7 Å². The predicted molar refractivity (Wildman–Crippen MR) is 124 cm³/mol. The second-order valence-electron chi connectivity index (χ2n) is 8.77. The second kappa shape index (κ2) is 8.33. The fourth-order valence-electron chi connectivity index (χ4n) is 4.79. The van der Waals surface area contributed by atoms with Crippen LogP contribution in [0.25, 0.3) is 11.0 Å². The molecule has 1 aromatic heterocycles. The van der Waals surface area contributed by atoms with E-state index in [0.717, 1.165) is 48.2 Å². The fourth-order valence-corrected chi connectivity index (χ4v) is 6.45. The van der Waals surface area contributed by atoms with Gasteiger partial charge in [-0.15, -0.1) is 0 Å². The highest BCUT2D eigenvalue weighted by Gasteiger charge is 2.39. The zero-order chi connectivity index (χ0) is 22.3. The maximum absolute atomic E-state index is 13.2. The van der Waals surface area contributed by atoms with Crippen LogP contribution in [0.5, 0.6) is 0 Å². The minimum absolute atomic E-state index is 0.226. The van der Waals surface area contributed by atoms with Crippen molar-refractivity contribution in [1.82, 2.24) is 13.9 Å². The van der Waals surface area contributed by atoms with E-state index in [9.17, 15) is 13.2 Å². The molecule has 8 heteroatoms. The monoisotopic (exact) mass is 452 g/mol. The molecule has 0 spiro atoms. The Labute approximate surface area is 188 Å². The molecule has 7 nitrogen and oxygen atoms in total. The SMILES string of the molecule is Cc1ccc(S(=O)(=O)N2CCCC2C(=O)Nc2ccc3c(c2)nc2n3CCCCC2)cc1. The van der Waals surface area contributed by atoms with Crippen molar-refractivity contribution in [3.63, 3.8) is 0 Å². The van der Waals surface area contributed by atoms with E-state index in [4.69, 9.17) is 4.98 Å². The largest absolute Gasteiger partial charge is 0.328 e. The van der Waals surface area contributed by atoms with Crippen molar-refractivity contribution in [2.75, 3.05) is 11.9 Å². The zero-order valence-corrected chi connectivity index (χ0v) is 19.1. The van der Waals surface area contributed by atoms with E-state index in [1.54, 1.807) is 24.3 Å². The molecular weight excluding hydrogens is 424 g/mol. The average Bonchev–Trinajstić information content (AvgIpc) is 3.33. The smallest absolute Gasteiger partial charge is 0.243 e. The normalized spacial score (nSPS) is 19.6.